The topological polar surface area (TPSA) is 58.4 Å². The Bertz CT molecular complexity index is 774. The van der Waals surface area contributed by atoms with Crippen molar-refractivity contribution >= 4 is 23.3 Å². The molecule has 0 radical (unpaired) electrons. The molecule has 1 aromatic heterocycles. The van der Waals surface area contributed by atoms with Gasteiger partial charge in [0.05, 0.1) is 10.6 Å². The Labute approximate surface area is 143 Å². The van der Waals surface area contributed by atoms with E-state index >= 15 is 0 Å². The fraction of sp³-hybridized carbons (Fsp3) is 0.412. The Kier molecular flexibility index (Phi) is 3.72. The second-order valence-electron chi connectivity index (χ2n) is 6.38. The van der Waals surface area contributed by atoms with Crippen LogP contribution in [-0.2, 0) is 0 Å². The summed E-state index contributed by atoms with van der Waals surface area (Å²) in [5.74, 6) is 0.104. The van der Waals surface area contributed by atoms with Gasteiger partial charge in [-0.1, -0.05) is 11.6 Å². The van der Waals surface area contributed by atoms with E-state index in [0.29, 0.717) is 28.4 Å². The van der Waals surface area contributed by atoms with Crippen molar-refractivity contribution in [3.63, 3.8) is 0 Å². The predicted octanol–water partition coefficient (Wildman–Crippen LogP) is 4.60. The van der Waals surface area contributed by atoms with Crippen molar-refractivity contribution in [3.05, 3.63) is 34.9 Å². The number of hydrogen-bond donors (Lipinski definition) is 1. The number of aryl methyl sites for hydroxylation is 1. The van der Waals surface area contributed by atoms with E-state index in [2.05, 4.69) is 10.3 Å². The average molecular weight is 350 g/mol. The van der Waals surface area contributed by atoms with E-state index in [1.165, 1.54) is 13.3 Å². The molecule has 2 saturated heterocycles. The molecule has 5 nitrogen and oxygen atoms in total. The normalized spacial score (nSPS) is 22.2. The highest BCUT2D eigenvalue weighted by molar-refractivity contribution is 6.33. The van der Waals surface area contributed by atoms with Gasteiger partial charge in [-0.2, -0.15) is 4.39 Å². The van der Waals surface area contributed by atoms with Crippen LogP contribution in [0.5, 0.6) is 0 Å². The van der Waals surface area contributed by atoms with Gasteiger partial charge >= 0.3 is 12.0 Å². The molecular formula is C17H17ClFN3O2. The minimum Gasteiger partial charge on any atom is -0.411 e. The number of nitrogens with one attached hydrogen (secondary N) is 1. The lowest BCUT2D eigenvalue weighted by Crippen LogP contribution is -2.62. The van der Waals surface area contributed by atoms with Crippen LogP contribution in [0.1, 0.15) is 31.4 Å². The van der Waals surface area contributed by atoms with Gasteiger partial charge < -0.3 is 14.6 Å². The SMILES string of the molecule is Cc1nc(-c2cc(NC(=O)N3C4CCCC3C4)ccc2Cl)oc1F. The summed E-state index contributed by atoms with van der Waals surface area (Å²) in [7, 11) is 0. The van der Waals surface area contributed by atoms with Crippen LogP contribution in [0.3, 0.4) is 0 Å². The van der Waals surface area contributed by atoms with E-state index in [-0.39, 0.29) is 17.6 Å². The molecule has 24 heavy (non-hydrogen) atoms. The van der Waals surface area contributed by atoms with E-state index in [9.17, 15) is 9.18 Å². The molecule has 0 saturated carbocycles. The first kappa shape index (κ1) is 15.4. The van der Waals surface area contributed by atoms with Gasteiger partial charge in [0.1, 0.15) is 5.69 Å². The minimum absolute atomic E-state index is 0.0982. The first-order valence-electron chi connectivity index (χ1n) is 8.05. The van der Waals surface area contributed by atoms with Crippen molar-refractivity contribution in [2.45, 2.75) is 44.7 Å². The standard InChI is InChI=1S/C17H17ClFN3O2/c1-9-15(19)24-16(20-9)13-7-10(5-6-14(13)18)21-17(23)22-11-3-2-4-12(22)8-11/h5-7,11-12H,2-4,8H2,1H3,(H,21,23). The number of amides is 2. The first-order valence-corrected chi connectivity index (χ1v) is 8.43. The number of halogens is 2. The van der Waals surface area contributed by atoms with Crippen LogP contribution in [0.15, 0.2) is 22.6 Å². The molecule has 0 spiro atoms. The number of benzene rings is 1. The highest BCUT2D eigenvalue weighted by Gasteiger charge is 2.44. The smallest absolute Gasteiger partial charge is 0.322 e. The number of aromatic nitrogens is 1. The maximum atomic E-state index is 13.4. The van der Waals surface area contributed by atoms with Gasteiger partial charge in [0.2, 0.25) is 5.89 Å². The summed E-state index contributed by atoms with van der Waals surface area (Å²) < 4.78 is 18.4. The fourth-order valence-electron chi connectivity index (χ4n) is 3.58. The molecule has 2 fully saturated rings. The summed E-state index contributed by atoms with van der Waals surface area (Å²) >= 11 is 6.16. The van der Waals surface area contributed by atoms with Gasteiger partial charge in [-0.15, -0.1) is 0 Å². The lowest BCUT2D eigenvalue weighted by atomic mass is 9.80. The van der Waals surface area contributed by atoms with E-state index in [1.807, 2.05) is 4.90 Å². The van der Waals surface area contributed by atoms with Gasteiger partial charge in [0, 0.05) is 17.8 Å². The molecule has 2 amide bonds. The first-order chi connectivity index (χ1) is 11.5. The van der Waals surface area contributed by atoms with Crippen LogP contribution in [0, 0.1) is 12.9 Å². The number of carbonyl (C=O) groups excluding carboxylic acids is 1. The highest BCUT2D eigenvalue weighted by Crippen LogP contribution is 2.38. The largest absolute Gasteiger partial charge is 0.411 e. The van der Waals surface area contributed by atoms with Crippen molar-refractivity contribution in [1.82, 2.24) is 9.88 Å². The third kappa shape index (κ3) is 2.55. The Morgan fingerprint density at radius 3 is 2.79 bits per heavy atom. The average Bonchev–Trinajstić information content (AvgIpc) is 2.89. The van der Waals surface area contributed by atoms with Gasteiger partial charge in [0.15, 0.2) is 0 Å². The van der Waals surface area contributed by atoms with E-state index in [1.54, 1.807) is 18.2 Å². The Morgan fingerprint density at radius 1 is 1.42 bits per heavy atom. The maximum Gasteiger partial charge on any atom is 0.322 e. The van der Waals surface area contributed by atoms with Crippen LogP contribution < -0.4 is 5.32 Å². The monoisotopic (exact) mass is 349 g/mol. The minimum atomic E-state index is -0.732. The number of hydrogen-bond acceptors (Lipinski definition) is 3. The summed E-state index contributed by atoms with van der Waals surface area (Å²) in [6.45, 7) is 1.52. The lowest BCUT2D eigenvalue weighted by molar-refractivity contribution is 0.0173. The molecule has 2 unspecified atom stereocenters. The summed E-state index contributed by atoms with van der Waals surface area (Å²) in [5.41, 5.74) is 1.20. The van der Waals surface area contributed by atoms with Crippen molar-refractivity contribution in [1.29, 1.82) is 0 Å². The third-order valence-corrected chi connectivity index (χ3v) is 5.16. The number of carbonyl (C=O) groups is 1. The molecule has 0 aliphatic carbocycles. The molecule has 2 bridgehead atoms. The van der Waals surface area contributed by atoms with Gasteiger partial charge in [-0.3, -0.25) is 0 Å². The Morgan fingerprint density at radius 2 is 2.17 bits per heavy atom. The molecule has 126 valence electrons. The number of rotatable bonds is 2. The molecule has 7 heteroatoms. The molecular weight excluding hydrogens is 333 g/mol. The van der Waals surface area contributed by atoms with Gasteiger partial charge in [-0.25, -0.2) is 9.78 Å². The van der Waals surface area contributed by atoms with Crippen LogP contribution in [-0.4, -0.2) is 28.0 Å². The van der Waals surface area contributed by atoms with Gasteiger partial charge in [-0.05, 0) is 50.8 Å². The summed E-state index contributed by atoms with van der Waals surface area (Å²) in [6, 6.07) is 4.90. The van der Waals surface area contributed by atoms with E-state index in [0.717, 1.165) is 19.3 Å². The van der Waals surface area contributed by atoms with Crippen LogP contribution >= 0.6 is 11.6 Å². The highest BCUT2D eigenvalue weighted by atomic mass is 35.5. The second kappa shape index (κ2) is 5.77. The quantitative estimate of drug-likeness (QED) is 0.861. The molecule has 2 aliphatic rings. The number of piperidine rings is 1. The molecule has 3 heterocycles. The van der Waals surface area contributed by atoms with Crippen molar-refractivity contribution in [2.75, 3.05) is 5.32 Å². The molecule has 1 aromatic carbocycles. The van der Waals surface area contributed by atoms with Crippen molar-refractivity contribution < 1.29 is 13.6 Å². The van der Waals surface area contributed by atoms with E-state index in [4.69, 9.17) is 16.0 Å². The molecule has 2 atom stereocenters. The number of nitrogens with zero attached hydrogens (tertiary/aromatic N) is 2. The van der Waals surface area contributed by atoms with Crippen LogP contribution in [0.2, 0.25) is 5.02 Å². The second-order valence-corrected chi connectivity index (χ2v) is 6.79. The Hall–Kier alpha value is -2.08. The van der Waals surface area contributed by atoms with Crippen LogP contribution in [0.4, 0.5) is 14.9 Å². The van der Waals surface area contributed by atoms with Gasteiger partial charge in [0.25, 0.3) is 0 Å². The summed E-state index contributed by atoms with van der Waals surface area (Å²) in [5, 5.41) is 3.28. The van der Waals surface area contributed by atoms with Crippen molar-refractivity contribution in [2.24, 2.45) is 0 Å². The lowest BCUT2D eigenvalue weighted by Gasteiger charge is -2.52. The maximum absolute atomic E-state index is 13.4. The zero-order valence-electron chi connectivity index (χ0n) is 13.2. The fourth-order valence-corrected chi connectivity index (χ4v) is 3.78. The summed E-state index contributed by atoms with van der Waals surface area (Å²) in [6.07, 6.45) is 4.45. The number of fused-ring (bicyclic) bond motifs is 2. The molecule has 2 aromatic rings. The Balaban J connectivity index is 1.56. The zero-order valence-corrected chi connectivity index (χ0v) is 13.9. The van der Waals surface area contributed by atoms with E-state index < -0.39 is 6.01 Å². The third-order valence-electron chi connectivity index (χ3n) is 4.83. The number of urea groups is 1. The molecule has 1 N–H and O–H groups in total. The molecule has 2 aliphatic heterocycles. The number of oxazole rings is 1. The summed E-state index contributed by atoms with van der Waals surface area (Å²) in [4.78, 5) is 18.4. The van der Waals surface area contributed by atoms with Crippen molar-refractivity contribution in [3.8, 4) is 11.5 Å². The number of anilines is 1. The predicted molar refractivity (Wildman–Crippen MR) is 88.5 cm³/mol. The van der Waals surface area contributed by atoms with Crippen LogP contribution in [0.25, 0.3) is 11.5 Å². The molecule has 4 rings (SSSR count). The zero-order chi connectivity index (χ0) is 16.8.